The molecule has 0 aliphatic rings. The molecule has 0 aliphatic carbocycles. The molecule has 1 heterocycles. The van der Waals surface area contributed by atoms with E-state index in [0.29, 0.717) is 24.7 Å². The van der Waals surface area contributed by atoms with Crippen LogP contribution >= 0.6 is 11.3 Å². The summed E-state index contributed by atoms with van der Waals surface area (Å²) < 4.78 is 54.0. The van der Waals surface area contributed by atoms with E-state index in [2.05, 4.69) is 10.1 Å². The van der Waals surface area contributed by atoms with Crippen LogP contribution in [0.5, 0.6) is 0 Å². The normalized spacial score (nSPS) is 13.3. The average molecular weight is 403 g/mol. The van der Waals surface area contributed by atoms with Crippen LogP contribution < -0.4 is 4.80 Å². The van der Waals surface area contributed by atoms with E-state index in [9.17, 15) is 22.4 Å². The smallest absolute Gasteiger partial charge is 0.267 e. The van der Waals surface area contributed by atoms with Gasteiger partial charge in [-0.1, -0.05) is 45.5 Å². The van der Waals surface area contributed by atoms with Gasteiger partial charge in [-0.2, -0.15) is 23.3 Å². The summed E-state index contributed by atoms with van der Waals surface area (Å²) in [5.41, 5.74) is -2.09. The van der Waals surface area contributed by atoms with Crippen LogP contribution in [-0.4, -0.2) is 15.7 Å². The molecule has 4 nitrogen and oxygen atoms in total. The summed E-state index contributed by atoms with van der Waals surface area (Å²) in [6, 6.07) is 1.71. The first kappa shape index (κ1) is 21.3. The van der Waals surface area contributed by atoms with Crippen molar-refractivity contribution in [1.82, 2.24) is 9.78 Å². The molecular weight excluding hydrogens is 382 g/mol. The number of carbonyl (C=O) groups is 1. The minimum absolute atomic E-state index is 0.246. The van der Waals surface area contributed by atoms with Crippen molar-refractivity contribution >= 4 is 17.2 Å². The van der Waals surface area contributed by atoms with Gasteiger partial charge in [-0.3, -0.25) is 4.79 Å². The van der Waals surface area contributed by atoms with E-state index in [4.69, 9.17) is 0 Å². The Kier molecular flexibility index (Phi) is 6.24. The number of aromatic nitrogens is 2. The van der Waals surface area contributed by atoms with Crippen LogP contribution in [0.3, 0.4) is 0 Å². The number of unbranched alkanes of at least 4 members (excludes halogenated alkanes) is 1. The van der Waals surface area contributed by atoms with Gasteiger partial charge in [-0.05, 0) is 24.6 Å². The van der Waals surface area contributed by atoms with Crippen LogP contribution in [0.25, 0.3) is 0 Å². The summed E-state index contributed by atoms with van der Waals surface area (Å²) in [6.07, 6.45) is -2.98. The largest absolute Gasteiger partial charge is 0.416 e. The fourth-order valence-corrected chi connectivity index (χ4v) is 3.15. The van der Waals surface area contributed by atoms with Gasteiger partial charge in [0.15, 0.2) is 0 Å². The lowest BCUT2D eigenvalue weighted by Crippen LogP contribution is -2.19. The lowest BCUT2D eigenvalue weighted by atomic mass is 9.98. The maximum Gasteiger partial charge on any atom is 0.416 e. The maximum atomic E-state index is 13.9. The molecule has 27 heavy (non-hydrogen) atoms. The molecule has 0 bridgehead atoms. The van der Waals surface area contributed by atoms with Gasteiger partial charge in [-0.25, -0.2) is 9.07 Å². The Morgan fingerprint density at radius 2 is 1.93 bits per heavy atom. The van der Waals surface area contributed by atoms with E-state index < -0.39 is 29.0 Å². The summed E-state index contributed by atoms with van der Waals surface area (Å²) in [6.45, 7) is 8.37. The highest BCUT2D eigenvalue weighted by molar-refractivity contribution is 7.09. The van der Waals surface area contributed by atoms with E-state index in [1.54, 1.807) is 4.68 Å². The van der Waals surface area contributed by atoms with Gasteiger partial charge in [0.2, 0.25) is 4.80 Å². The molecular formula is C18H21F4N3OS. The van der Waals surface area contributed by atoms with E-state index in [-0.39, 0.29) is 10.2 Å². The van der Waals surface area contributed by atoms with Crippen molar-refractivity contribution in [2.45, 2.75) is 58.7 Å². The minimum atomic E-state index is -4.67. The molecule has 1 amide bonds. The second-order valence-electron chi connectivity index (χ2n) is 7.13. The summed E-state index contributed by atoms with van der Waals surface area (Å²) in [5, 5.41) is 5.19. The number of nitrogens with zero attached hydrogens (tertiary/aromatic N) is 3. The number of amides is 1. The second-order valence-corrected chi connectivity index (χ2v) is 8.08. The third kappa shape index (κ3) is 5.24. The molecule has 0 radical (unpaired) electrons. The third-order valence-electron chi connectivity index (χ3n) is 3.71. The van der Waals surface area contributed by atoms with Crippen molar-refractivity contribution in [3.05, 3.63) is 45.0 Å². The Labute approximate surface area is 158 Å². The lowest BCUT2D eigenvalue weighted by Gasteiger charge is -2.12. The number of halogens is 4. The molecule has 148 valence electrons. The molecule has 2 aromatic rings. The predicted octanol–water partition coefficient (Wildman–Crippen LogP) is 4.94. The van der Waals surface area contributed by atoms with Gasteiger partial charge in [0, 0.05) is 12.0 Å². The first-order valence-corrected chi connectivity index (χ1v) is 9.29. The summed E-state index contributed by atoms with van der Waals surface area (Å²) in [4.78, 5) is 16.5. The molecule has 9 heteroatoms. The molecule has 1 aromatic heterocycles. The van der Waals surface area contributed by atoms with Crippen LogP contribution in [0.15, 0.2) is 23.2 Å². The highest BCUT2D eigenvalue weighted by Crippen LogP contribution is 2.30. The number of rotatable bonds is 4. The van der Waals surface area contributed by atoms with Crippen LogP contribution in [0, 0.1) is 5.82 Å². The summed E-state index contributed by atoms with van der Waals surface area (Å²) >= 11 is 1.18. The third-order valence-corrected chi connectivity index (χ3v) is 5.08. The first-order valence-electron chi connectivity index (χ1n) is 8.47. The number of hydrogen-bond acceptors (Lipinski definition) is 3. The highest BCUT2D eigenvalue weighted by atomic mass is 32.1. The summed E-state index contributed by atoms with van der Waals surface area (Å²) in [7, 11) is 0. The van der Waals surface area contributed by atoms with E-state index in [1.165, 1.54) is 11.3 Å². The number of benzene rings is 1. The molecule has 0 atom stereocenters. The maximum absolute atomic E-state index is 13.9. The van der Waals surface area contributed by atoms with E-state index in [1.807, 2.05) is 27.7 Å². The quantitative estimate of drug-likeness (QED) is 0.679. The van der Waals surface area contributed by atoms with Crippen molar-refractivity contribution in [2.24, 2.45) is 4.99 Å². The van der Waals surface area contributed by atoms with Crippen molar-refractivity contribution in [3.63, 3.8) is 0 Å². The Balaban J connectivity index is 2.52. The monoisotopic (exact) mass is 403 g/mol. The van der Waals surface area contributed by atoms with E-state index in [0.717, 1.165) is 17.8 Å². The molecule has 0 aliphatic heterocycles. The molecule has 0 fully saturated rings. The predicted molar refractivity (Wildman–Crippen MR) is 95.0 cm³/mol. The lowest BCUT2D eigenvalue weighted by molar-refractivity contribution is -0.137. The highest BCUT2D eigenvalue weighted by Gasteiger charge is 2.32. The van der Waals surface area contributed by atoms with Gasteiger partial charge in [0.1, 0.15) is 10.8 Å². The van der Waals surface area contributed by atoms with Crippen molar-refractivity contribution < 1.29 is 22.4 Å². The molecule has 1 aromatic carbocycles. The Morgan fingerprint density at radius 1 is 1.26 bits per heavy atom. The van der Waals surface area contributed by atoms with Crippen molar-refractivity contribution in [3.8, 4) is 0 Å². The Hall–Kier alpha value is -2.03. The molecule has 0 saturated carbocycles. The molecule has 0 saturated heterocycles. The van der Waals surface area contributed by atoms with Crippen molar-refractivity contribution in [2.75, 3.05) is 0 Å². The zero-order chi connectivity index (χ0) is 20.4. The Morgan fingerprint density at radius 3 is 2.48 bits per heavy atom. The van der Waals surface area contributed by atoms with Crippen LogP contribution in [0.4, 0.5) is 17.6 Å². The Bertz CT molecular complexity index is 891. The fraction of sp³-hybridized carbons (Fsp3) is 0.500. The topological polar surface area (TPSA) is 47.2 Å². The van der Waals surface area contributed by atoms with Gasteiger partial charge in [-0.15, -0.1) is 0 Å². The van der Waals surface area contributed by atoms with Crippen LogP contribution in [0.1, 0.15) is 61.5 Å². The molecule has 2 rings (SSSR count). The minimum Gasteiger partial charge on any atom is -0.267 e. The number of aryl methyl sites for hydroxylation is 1. The SMILES string of the molecule is CCCCn1nc(C(C)(C)C)sc1=NC(=O)c1cc(C(F)(F)F)ccc1F. The second kappa shape index (κ2) is 7.92. The van der Waals surface area contributed by atoms with Gasteiger partial charge in [0.25, 0.3) is 5.91 Å². The van der Waals surface area contributed by atoms with E-state index >= 15 is 0 Å². The van der Waals surface area contributed by atoms with Crippen LogP contribution in [-0.2, 0) is 18.1 Å². The molecule has 0 spiro atoms. The summed E-state index contributed by atoms with van der Waals surface area (Å²) in [5.74, 6) is -2.11. The number of carbonyl (C=O) groups excluding carboxylic acids is 1. The van der Waals surface area contributed by atoms with Gasteiger partial charge in [0.05, 0.1) is 11.1 Å². The molecule has 0 N–H and O–H groups in total. The van der Waals surface area contributed by atoms with Gasteiger partial charge < -0.3 is 0 Å². The number of hydrogen-bond donors (Lipinski definition) is 0. The average Bonchev–Trinajstić information content (AvgIpc) is 2.95. The standard InChI is InChI=1S/C18H21F4N3OS/c1-5-6-9-25-16(27-15(24-25)17(2,3)4)23-14(26)12-10-11(18(20,21)22)7-8-13(12)19/h7-8,10H,5-6,9H2,1-4H3. The fourth-order valence-electron chi connectivity index (χ4n) is 2.16. The zero-order valence-electron chi connectivity index (χ0n) is 15.5. The van der Waals surface area contributed by atoms with Gasteiger partial charge >= 0.3 is 6.18 Å². The zero-order valence-corrected chi connectivity index (χ0v) is 16.3. The van der Waals surface area contributed by atoms with Crippen LogP contribution in [0.2, 0.25) is 0 Å². The number of alkyl halides is 3. The first-order chi connectivity index (χ1) is 12.4. The molecule has 0 unspecified atom stereocenters. The van der Waals surface area contributed by atoms with Crippen molar-refractivity contribution in [1.29, 1.82) is 0 Å².